The molecule has 1 aliphatic heterocycles. The Labute approximate surface area is 111 Å². The van der Waals surface area contributed by atoms with Crippen molar-refractivity contribution in [1.29, 1.82) is 0 Å². The number of hydrogen-bond donors (Lipinski definition) is 2. The van der Waals surface area contributed by atoms with Crippen molar-refractivity contribution in [2.24, 2.45) is 11.7 Å². The van der Waals surface area contributed by atoms with Crippen LogP contribution >= 0.6 is 11.3 Å². The van der Waals surface area contributed by atoms with Gasteiger partial charge in [-0.15, -0.1) is 11.3 Å². The van der Waals surface area contributed by atoms with E-state index in [1.165, 1.54) is 11.3 Å². The van der Waals surface area contributed by atoms with E-state index in [9.17, 15) is 4.79 Å². The smallest absolute Gasteiger partial charge is 0.273 e. The van der Waals surface area contributed by atoms with Crippen molar-refractivity contribution < 1.29 is 9.90 Å². The molecular weight excluding hydrogens is 250 g/mol. The summed E-state index contributed by atoms with van der Waals surface area (Å²) in [6.07, 6.45) is 2.48. The summed E-state index contributed by atoms with van der Waals surface area (Å²) >= 11 is 1.49. The number of carbonyl (C=O) groups excluding carboxylic acids is 1. The van der Waals surface area contributed by atoms with Crippen LogP contribution in [0.1, 0.15) is 28.3 Å². The number of piperidine rings is 1. The van der Waals surface area contributed by atoms with E-state index in [-0.39, 0.29) is 12.5 Å². The van der Waals surface area contributed by atoms with E-state index < -0.39 is 0 Å². The fourth-order valence-electron chi connectivity index (χ4n) is 2.13. The number of aliphatic hydroxyl groups is 1. The minimum atomic E-state index is 0.00547. The molecule has 18 heavy (non-hydrogen) atoms. The minimum Gasteiger partial charge on any atom is -0.396 e. The van der Waals surface area contributed by atoms with Gasteiger partial charge in [-0.3, -0.25) is 4.79 Å². The lowest BCUT2D eigenvalue weighted by molar-refractivity contribution is 0.0646. The standard InChI is InChI=1S/C12H19N3O2S/c13-4-1-11-14-10(8-18-11)12(17)15-5-2-9(7-16)3-6-15/h8-9,16H,1-7,13H2. The molecule has 2 rings (SSSR count). The van der Waals surface area contributed by atoms with Crippen molar-refractivity contribution in [1.82, 2.24) is 9.88 Å². The van der Waals surface area contributed by atoms with Gasteiger partial charge in [-0.1, -0.05) is 0 Å². The van der Waals surface area contributed by atoms with Crippen molar-refractivity contribution in [2.75, 3.05) is 26.2 Å². The third-order valence-corrected chi connectivity index (χ3v) is 4.20. The van der Waals surface area contributed by atoms with Gasteiger partial charge in [0.2, 0.25) is 0 Å². The van der Waals surface area contributed by atoms with E-state index in [2.05, 4.69) is 4.98 Å². The average Bonchev–Trinajstić information content (AvgIpc) is 2.87. The number of carbonyl (C=O) groups is 1. The molecule has 5 nitrogen and oxygen atoms in total. The van der Waals surface area contributed by atoms with Gasteiger partial charge in [0.1, 0.15) is 5.69 Å². The van der Waals surface area contributed by atoms with Crippen LogP contribution in [0.4, 0.5) is 0 Å². The summed E-state index contributed by atoms with van der Waals surface area (Å²) in [4.78, 5) is 18.3. The second-order valence-corrected chi connectivity index (χ2v) is 5.53. The Morgan fingerprint density at radius 3 is 2.89 bits per heavy atom. The number of nitrogens with zero attached hydrogens (tertiary/aromatic N) is 2. The van der Waals surface area contributed by atoms with Crippen LogP contribution in [0.15, 0.2) is 5.38 Å². The molecule has 0 bridgehead atoms. The first-order valence-electron chi connectivity index (χ1n) is 6.29. The van der Waals surface area contributed by atoms with Crippen molar-refractivity contribution in [2.45, 2.75) is 19.3 Å². The van der Waals surface area contributed by atoms with Crippen LogP contribution in [0.25, 0.3) is 0 Å². The Morgan fingerprint density at radius 1 is 1.56 bits per heavy atom. The minimum absolute atomic E-state index is 0.00547. The first-order valence-corrected chi connectivity index (χ1v) is 7.17. The highest BCUT2D eigenvalue weighted by molar-refractivity contribution is 7.09. The number of nitrogens with two attached hydrogens (primary N) is 1. The largest absolute Gasteiger partial charge is 0.396 e. The predicted molar refractivity (Wildman–Crippen MR) is 70.6 cm³/mol. The maximum atomic E-state index is 12.2. The molecule has 3 N–H and O–H groups in total. The molecule has 6 heteroatoms. The normalized spacial score (nSPS) is 17.1. The fourth-order valence-corrected chi connectivity index (χ4v) is 2.92. The zero-order valence-electron chi connectivity index (χ0n) is 10.3. The number of likely N-dealkylation sites (tertiary alicyclic amines) is 1. The van der Waals surface area contributed by atoms with Crippen molar-refractivity contribution >= 4 is 17.2 Å². The molecule has 0 atom stereocenters. The lowest BCUT2D eigenvalue weighted by atomic mass is 9.98. The molecule has 1 aliphatic rings. The zero-order chi connectivity index (χ0) is 13.0. The van der Waals surface area contributed by atoms with Gasteiger partial charge in [0.15, 0.2) is 0 Å². The quantitative estimate of drug-likeness (QED) is 0.833. The third-order valence-electron chi connectivity index (χ3n) is 3.29. The summed E-state index contributed by atoms with van der Waals surface area (Å²) in [6, 6.07) is 0. The highest BCUT2D eigenvalue weighted by Crippen LogP contribution is 2.19. The Bertz CT molecular complexity index is 400. The molecular formula is C12H19N3O2S. The lowest BCUT2D eigenvalue weighted by Crippen LogP contribution is -2.39. The molecule has 1 aromatic heterocycles. The summed E-state index contributed by atoms with van der Waals surface area (Å²) < 4.78 is 0. The molecule has 100 valence electrons. The molecule has 0 spiro atoms. The molecule has 0 aromatic carbocycles. The Morgan fingerprint density at radius 2 is 2.28 bits per heavy atom. The predicted octanol–water partition coefficient (Wildman–Crippen LogP) is 0.489. The number of thiazole rings is 1. The van der Waals surface area contributed by atoms with E-state index in [4.69, 9.17) is 10.8 Å². The van der Waals surface area contributed by atoms with Gasteiger partial charge in [-0.05, 0) is 25.3 Å². The number of amides is 1. The van der Waals surface area contributed by atoms with Crippen LogP contribution in [-0.4, -0.2) is 47.1 Å². The number of aliphatic hydroxyl groups excluding tert-OH is 1. The van der Waals surface area contributed by atoms with Gasteiger partial charge in [-0.25, -0.2) is 4.98 Å². The monoisotopic (exact) mass is 269 g/mol. The SMILES string of the molecule is NCCc1nc(C(=O)N2CCC(CO)CC2)cs1. The molecule has 1 amide bonds. The zero-order valence-corrected chi connectivity index (χ0v) is 11.2. The van der Waals surface area contributed by atoms with Gasteiger partial charge in [0.05, 0.1) is 5.01 Å². The summed E-state index contributed by atoms with van der Waals surface area (Å²) in [6.45, 7) is 2.21. The second kappa shape index (κ2) is 6.26. The van der Waals surface area contributed by atoms with Crippen molar-refractivity contribution in [3.63, 3.8) is 0 Å². The maximum Gasteiger partial charge on any atom is 0.273 e. The Balaban J connectivity index is 1.94. The van der Waals surface area contributed by atoms with Crippen LogP contribution < -0.4 is 5.73 Å². The van der Waals surface area contributed by atoms with Crippen molar-refractivity contribution in [3.05, 3.63) is 16.1 Å². The average molecular weight is 269 g/mol. The third kappa shape index (κ3) is 3.07. The van der Waals surface area contributed by atoms with Crippen molar-refractivity contribution in [3.8, 4) is 0 Å². The molecule has 0 saturated carbocycles. The Hall–Kier alpha value is -0.980. The summed E-state index contributed by atoms with van der Waals surface area (Å²) in [7, 11) is 0. The molecule has 0 radical (unpaired) electrons. The van der Waals surface area contributed by atoms with Gasteiger partial charge in [0, 0.05) is 31.5 Å². The fraction of sp³-hybridized carbons (Fsp3) is 0.667. The van der Waals surface area contributed by atoms with Crippen LogP contribution in [-0.2, 0) is 6.42 Å². The van der Waals surface area contributed by atoms with Crippen LogP contribution in [0.5, 0.6) is 0 Å². The molecule has 2 heterocycles. The summed E-state index contributed by atoms with van der Waals surface area (Å²) in [5.41, 5.74) is 6.00. The highest BCUT2D eigenvalue weighted by Gasteiger charge is 2.24. The molecule has 1 aromatic rings. The number of rotatable bonds is 4. The van der Waals surface area contributed by atoms with Gasteiger partial charge in [-0.2, -0.15) is 0 Å². The van der Waals surface area contributed by atoms with Crippen LogP contribution in [0, 0.1) is 5.92 Å². The van der Waals surface area contributed by atoms with E-state index in [1.807, 2.05) is 10.3 Å². The summed E-state index contributed by atoms with van der Waals surface area (Å²) in [5, 5.41) is 11.8. The van der Waals surface area contributed by atoms with Gasteiger partial charge >= 0.3 is 0 Å². The van der Waals surface area contributed by atoms with Gasteiger partial charge in [0.25, 0.3) is 5.91 Å². The lowest BCUT2D eigenvalue weighted by Gasteiger charge is -2.30. The van der Waals surface area contributed by atoms with E-state index >= 15 is 0 Å². The van der Waals surface area contributed by atoms with Crippen LogP contribution in [0.2, 0.25) is 0 Å². The maximum absolute atomic E-state index is 12.2. The molecule has 1 fully saturated rings. The van der Waals surface area contributed by atoms with E-state index in [0.29, 0.717) is 31.2 Å². The Kier molecular flexibility index (Phi) is 4.68. The first-order chi connectivity index (χ1) is 8.74. The summed E-state index contributed by atoms with van der Waals surface area (Å²) in [5.74, 6) is 0.350. The first kappa shape index (κ1) is 13.5. The topological polar surface area (TPSA) is 79.5 Å². The molecule has 0 unspecified atom stereocenters. The number of aromatic nitrogens is 1. The molecule has 0 aliphatic carbocycles. The van der Waals surface area contributed by atoms with E-state index in [1.54, 1.807) is 0 Å². The highest BCUT2D eigenvalue weighted by atomic mass is 32.1. The van der Waals surface area contributed by atoms with Gasteiger partial charge < -0.3 is 15.7 Å². The number of hydrogen-bond acceptors (Lipinski definition) is 5. The second-order valence-electron chi connectivity index (χ2n) is 4.58. The van der Waals surface area contributed by atoms with Crippen LogP contribution in [0.3, 0.4) is 0 Å². The van der Waals surface area contributed by atoms with E-state index in [0.717, 1.165) is 24.3 Å². The molecule has 1 saturated heterocycles.